The van der Waals surface area contributed by atoms with Gasteiger partial charge in [-0.3, -0.25) is 4.79 Å². The molecule has 2 amide bonds. The summed E-state index contributed by atoms with van der Waals surface area (Å²) in [5.74, 6) is 0.545. The molecular formula is C21H36N2O4. The summed E-state index contributed by atoms with van der Waals surface area (Å²) in [6, 6.07) is 0. The number of hydrogen-bond donors (Lipinski definition) is 2. The van der Waals surface area contributed by atoms with Gasteiger partial charge in [0.1, 0.15) is 11.1 Å². The van der Waals surface area contributed by atoms with Gasteiger partial charge in [0.05, 0.1) is 0 Å². The number of aliphatic hydroxyl groups excluding tert-OH is 1. The fourth-order valence-corrected chi connectivity index (χ4v) is 5.24. The minimum absolute atomic E-state index is 0.0618. The molecule has 154 valence electrons. The zero-order valence-electron chi connectivity index (χ0n) is 17.3. The van der Waals surface area contributed by atoms with Crippen LogP contribution in [0.5, 0.6) is 0 Å². The summed E-state index contributed by atoms with van der Waals surface area (Å²) >= 11 is 0. The summed E-state index contributed by atoms with van der Waals surface area (Å²) in [5.41, 5.74) is -1.49. The normalized spacial score (nSPS) is 36.4. The van der Waals surface area contributed by atoms with Crippen molar-refractivity contribution >= 4 is 12.0 Å². The van der Waals surface area contributed by atoms with Crippen LogP contribution in [0.25, 0.3) is 0 Å². The third-order valence-corrected chi connectivity index (χ3v) is 7.07. The van der Waals surface area contributed by atoms with Gasteiger partial charge in [0.15, 0.2) is 0 Å². The van der Waals surface area contributed by atoms with Crippen molar-refractivity contribution in [2.45, 2.75) is 95.7 Å². The predicted molar refractivity (Wildman–Crippen MR) is 103 cm³/mol. The first-order chi connectivity index (χ1) is 12.6. The zero-order valence-corrected chi connectivity index (χ0v) is 17.3. The number of nitrogens with zero attached hydrogens (tertiary/aromatic N) is 1. The van der Waals surface area contributed by atoms with Crippen LogP contribution in [-0.2, 0) is 9.53 Å². The number of ether oxygens (including phenoxy) is 1. The largest absolute Gasteiger partial charge is 0.444 e. The SMILES string of the molecule is CC1CCCC1(NC(=O)OC(C)(C)C)C(=O)N1CCC12CCC(CO)CC2. The van der Waals surface area contributed by atoms with Crippen molar-refractivity contribution in [3.8, 4) is 0 Å². The summed E-state index contributed by atoms with van der Waals surface area (Å²) in [6.45, 7) is 8.59. The second kappa shape index (κ2) is 7.26. The van der Waals surface area contributed by atoms with Crippen molar-refractivity contribution in [2.75, 3.05) is 13.2 Å². The lowest BCUT2D eigenvalue weighted by atomic mass is 9.68. The summed E-state index contributed by atoms with van der Waals surface area (Å²) in [4.78, 5) is 28.2. The maximum absolute atomic E-state index is 13.7. The number of nitrogens with one attached hydrogen (secondary N) is 1. The van der Waals surface area contributed by atoms with Crippen LogP contribution >= 0.6 is 0 Å². The molecule has 1 spiro atoms. The van der Waals surface area contributed by atoms with Gasteiger partial charge in [0.25, 0.3) is 0 Å². The topological polar surface area (TPSA) is 78.9 Å². The first kappa shape index (κ1) is 20.4. The highest BCUT2D eigenvalue weighted by molar-refractivity contribution is 5.92. The minimum Gasteiger partial charge on any atom is -0.444 e. The van der Waals surface area contributed by atoms with Crippen LogP contribution in [0.1, 0.15) is 79.1 Å². The number of amides is 2. The third-order valence-electron chi connectivity index (χ3n) is 7.07. The van der Waals surface area contributed by atoms with E-state index in [4.69, 9.17) is 4.74 Å². The van der Waals surface area contributed by atoms with Gasteiger partial charge in [-0.05, 0) is 77.6 Å². The fraction of sp³-hybridized carbons (Fsp3) is 0.905. The molecule has 2 atom stereocenters. The van der Waals surface area contributed by atoms with Gasteiger partial charge in [0.2, 0.25) is 5.91 Å². The first-order valence-electron chi connectivity index (χ1n) is 10.6. The number of likely N-dealkylation sites (tertiary alicyclic amines) is 1. The van der Waals surface area contributed by atoms with Crippen LogP contribution in [0.3, 0.4) is 0 Å². The number of carbonyl (C=O) groups is 2. The summed E-state index contributed by atoms with van der Waals surface area (Å²) in [6.07, 6.45) is 6.96. The molecule has 0 bridgehead atoms. The highest BCUT2D eigenvalue weighted by Gasteiger charge is 2.57. The van der Waals surface area contributed by atoms with Crippen LogP contribution < -0.4 is 5.32 Å². The molecule has 2 aliphatic carbocycles. The zero-order chi connectivity index (χ0) is 19.9. The van der Waals surface area contributed by atoms with Gasteiger partial charge in [-0.1, -0.05) is 13.3 Å². The Morgan fingerprint density at radius 2 is 1.81 bits per heavy atom. The van der Waals surface area contributed by atoms with Crippen molar-refractivity contribution in [1.82, 2.24) is 10.2 Å². The Morgan fingerprint density at radius 3 is 2.26 bits per heavy atom. The molecule has 2 N–H and O–H groups in total. The summed E-state index contributed by atoms with van der Waals surface area (Å²) < 4.78 is 5.47. The standard InChI is InChI=1S/C21H36N2O4/c1-15-6-5-9-21(15,22-18(26)27-19(2,3)4)17(25)23-13-12-20(23)10-7-16(14-24)8-11-20/h15-16,24H,5-14H2,1-4H3,(H,22,26). The molecule has 6 nitrogen and oxygen atoms in total. The van der Waals surface area contributed by atoms with Gasteiger partial charge in [0, 0.05) is 18.7 Å². The Hall–Kier alpha value is -1.30. The van der Waals surface area contributed by atoms with Crippen molar-refractivity contribution in [3.05, 3.63) is 0 Å². The maximum Gasteiger partial charge on any atom is 0.408 e. The van der Waals surface area contributed by atoms with E-state index in [9.17, 15) is 14.7 Å². The molecule has 27 heavy (non-hydrogen) atoms. The Bertz CT molecular complexity index is 577. The number of carbonyl (C=O) groups excluding carboxylic acids is 2. The molecule has 1 saturated heterocycles. The average Bonchev–Trinajstić information content (AvgIpc) is 2.93. The molecule has 0 aromatic carbocycles. The van der Waals surface area contributed by atoms with Crippen LogP contribution in [0.2, 0.25) is 0 Å². The quantitative estimate of drug-likeness (QED) is 0.788. The molecule has 2 unspecified atom stereocenters. The molecule has 3 rings (SSSR count). The number of hydrogen-bond acceptors (Lipinski definition) is 4. The van der Waals surface area contributed by atoms with Crippen molar-refractivity contribution in [1.29, 1.82) is 0 Å². The first-order valence-corrected chi connectivity index (χ1v) is 10.6. The van der Waals surface area contributed by atoms with Crippen LogP contribution in [0.4, 0.5) is 4.79 Å². The average molecular weight is 381 g/mol. The molecule has 3 aliphatic rings. The molecule has 6 heteroatoms. The third kappa shape index (κ3) is 3.82. The lowest BCUT2D eigenvalue weighted by Gasteiger charge is -2.58. The lowest BCUT2D eigenvalue weighted by Crippen LogP contribution is -2.71. The van der Waals surface area contributed by atoms with Crippen molar-refractivity contribution in [2.24, 2.45) is 11.8 Å². The molecular weight excluding hydrogens is 344 g/mol. The maximum atomic E-state index is 13.7. The second-order valence-electron chi connectivity index (χ2n) is 9.95. The van der Waals surface area contributed by atoms with E-state index in [0.29, 0.717) is 12.3 Å². The highest BCUT2D eigenvalue weighted by atomic mass is 16.6. The summed E-state index contributed by atoms with van der Waals surface area (Å²) in [5, 5.41) is 12.4. The van der Waals surface area contributed by atoms with E-state index >= 15 is 0 Å². The van der Waals surface area contributed by atoms with Gasteiger partial charge in [-0.15, -0.1) is 0 Å². The molecule has 1 heterocycles. The minimum atomic E-state index is -0.844. The Morgan fingerprint density at radius 1 is 1.15 bits per heavy atom. The van der Waals surface area contributed by atoms with E-state index in [1.807, 2.05) is 25.7 Å². The number of aliphatic hydroxyl groups is 1. The fourth-order valence-electron chi connectivity index (χ4n) is 5.24. The van der Waals surface area contributed by atoms with Crippen molar-refractivity contribution in [3.63, 3.8) is 0 Å². The van der Waals surface area contributed by atoms with Gasteiger partial charge < -0.3 is 20.1 Å². The number of alkyl carbamates (subject to hydrolysis) is 1. The number of rotatable bonds is 3. The van der Waals surface area contributed by atoms with Gasteiger partial charge in [-0.25, -0.2) is 4.79 Å². The second-order valence-corrected chi connectivity index (χ2v) is 9.95. The van der Waals surface area contributed by atoms with E-state index in [0.717, 1.165) is 51.5 Å². The molecule has 1 aliphatic heterocycles. The van der Waals surface area contributed by atoms with Gasteiger partial charge in [-0.2, -0.15) is 0 Å². The molecule has 0 aromatic heterocycles. The Kier molecular flexibility index (Phi) is 5.50. The predicted octanol–water partition coefficient (Wildman–Crippen LogP) is 3.22. The van der Waals surface area contributed by atoms with E-state index in [-0.39, 0.29) is 24.0 Å². The van der Waals surface area contributed by atoms with E-state index < -0.39 is 17.2 Å². The van der Waals surface area contributed by atoms with Gasteiger partial charge >= 0.3 is 6.09 Å². The Labute approximate surface area is 163 Å². The lowest BCUT2D eigenvalue weighted by molar-refractivity contribution is -0.161. The van der Waals surface area contributed by atoms with Crippen molar-refractivity contribution < 1.29 is 19.4 Å². The van der Waals surface area contributed by atoms with Crippen LogP contribution in [0.15, 0.2) is 0 Å². The molecule has 3 fully saturated rings. The smallest absolute Gasteiger partial charge is 0.408 e. The van der Waals surface area contributed by atoms with Crippen LogP contribution in [0, 0.1) is 11.8 Å². The van der Waals surface area contributed by atoms with E-state index in [1.54, 1.807) is 0 Å². The Balaban J connectivity index is 1.76. The molecule has 2 saturated carbocycles. The van der Waals surface area contributed by atoms with E-state index in [2.05, 4.69) is 12.2 Å². The monoisotopic (exact) mass is 380 g/mol. The highest BCUT2D eigenvalue weighted by Crippen LogP contribution is 2.48. The molecule has 0 radical (unpaired) electrons. The summed E-state index contributed by atoms with van der Waals surface area (Å²) in [7, 11) is 0. The van der Waals surface area contributed by atoms with Crippen LogP contribution in [-0.4, -0.2) is 51.8 Å². The van der Waals surface area contributed by atoms with E-state index in [1.165, 1.54) is 0 Å². The molecule has 0 aromatic rings.